The number of carbonyl (C=O) groups is 2. The maximum atomic E-state index is 13.0. The molecule has 0 saturated carbocycles. The number of fused-ring (bicyclic) bond motifs is 1. The predicted molar refractivity (Wildman–Crippen MR) is 106 cm³/mol. The van der Waals surface area contributed by atoms with E-state index in [2.05, 4.69) is 6.08 Å². The molecule has 1 aliphatic rings. The van der Waals surface area contributed by atoms with Crippen LogP contribution in [0.25, 0.3) is 0 Å². The Kier molecular flexibility index (Phi) is 6.02. The van der Waals surface area contributed by atoms with Gasteiger partial charge in [0.05, 0.1) is 5.60 Å². The van der Waals surface area contributed by atoms with Crippen LogP contribution in [0.3, 0.4) is 0 Å². The molecule has 0 saturated heterocycles. The average Bonchev–Trinajstić information content (AvgIpc) is 2.54. The van der Waals surface area contributed by atoms with Crippen molar-refractivity contribution in [2.75, 3.05) is 0 Å². The average molecular weight is 354 g/mol. The summed E-state index contributed by atoms with van der Waals surface area (Å²) in [6.45, 7) is 11.5. The van der Waals surface area contributed by atoms with Crippen molar-refractivity contribution in [3.63, 3.8) is 0 Å². The van der Waals surface area contributed by atoms with E-state index in [0.29, 0.717) is 41.5 Å². The van der Waals surface area contributed by atoms with E-state index in [1.54, 1.807) is 13.8 Å². The van der Waals surface area contributed by atoms with Gasteiger partial charge in [0.1, 0.15) is 0 Å². The lowest BCUT2D eigenvalue weighted by Crippen LogP contribution is -2.27. The normalized spacial score (nSPS) is 16.4. The van der Waals surface area contributed by atoms with Crippen molar-refractivity contribution in [1.82, 2.24) is 0 Å². The quantitative estimate of drug-likeness (QED) is 0.707. The Morgan fingerprint density at radius 1 is 1.00 bits per heavy atom. The van der Waals surface area contributed by atoms with E-state index < -0.39 is 5.60 Å². The third-order valence-corrected chi connectivity index (χ3v) is 5.34. The molecule has 0 fully saturated rings. The summed E-state index contributed by atoms with van der Waals surface area (Å²) in [7, 11) is 0. The van der Waals surface area contributed by atoms with E-state index in [1.807, 2.05) is 39.8 Å². The number of benzene rings is 1. The van der Waals surface area contributed by atoms with Gasteiger partial charge in [-0.25, -0.2) is 0 Å². The highest BCUT2D eigenvalue weighted by Crippen LogP contribution is 2.32. The van der Waals surface area contributed by atoms with Crippen LogP contribution in [0.4, 0.5) is 0 Å². The molecule has 140 valence electrons. The molecule has 1 unspecified atom stereocenters. The van der Waals surface area contributed by atoms with Crippen LogP contribution >= 0.6 is 0 Å². The number of rotatable bonds is 6. The summed E-state index contributed by atoms with van der Waals surface area (Å²) in [5.74, 6) is -0.137. The minimum atomic E-state index is -0.855. The lowest BCUT2D eigenvalue weighted by atomic mass is 9.80. The van der Waals surface area contributed by atoms with Crippen LogP contribution < -0.4 is 0 Å². The van der Waals surface area contributed by atoms with E-state index in [9.17, 15) is 14.7 Å². The Balaban J connectivity index is 2.21. The van der Waals surface area contributed by atoms with Gasteiger partial charge in [-0.15, -0.1) is 0 Å². The molecule has 1 N–H and O–H groups in total. The number of carbonyl (C=O) groups excluding carboxylic acids is 2. The Labute approximate surface area is 156 Å². The van der Waals surface area contributed by atoms with E-state index in [-0.39, 0.29) is 11.6 Å². The number of hydrogen-bond acceptors (Lipinski definition) is 3. The van der Waals surface area contributed by atoms with Crippen LogP contribution in [0.15, 0.2) is 34.9 Å². The molecule has 0 spiro atoms. The first-order chi connectivity index (χ1) is 12.0. The second-order valence-electron chi connectivity index (χ2n) is 8.06. The van der Waals surface area contributed by atoms with Gasteiger partial charge in [0, 0.05) is 22.3 Å². The molecule has 2 rings (SSSR count). The minimum Gasteiger partial charge on any atom is -0.390 e. The molecule has 0 aromatic heterocycles. The molecule has 0 aliphatic heterocycles. The molecule has 1 aromatic carbocycles. The zero-order chi connectivity index (χ0) is 19.6. The first-order valence-corrected chi connectivity index (χ1v) is 9.29. The summed E-state index contributed by atoms with van der Waals surface area (Å²) in [6.07, 6.45) is 4.44. The molecular formula is C23H30O3. The molecule has 0 amide bonds. The summed E-state index contributed by atoms with van der Waals surface area (Å²) < 4.78 is 0. The van der Waals surface area contributed by atoms with E-state index in [1.165, 1.54) is 5.57 Å². The van der Waals surface area contributed by atoms with Crippen molar-refractivity contribution in [1.29, 1.82) is 0 Å². The maximum absolute atomic E-state index is 13.0. The second kappa shape index (κ2) is 7.71. The van der Waals surface area contributed by atoms with Crippen LogP contribution in [0, 0.1) is 13.8 Å². The summed E-state index contributed by atoms with van der Waals surface area (Å²) >= 11 is 0. The van der Waals surface area contributed by atoms with Crippen LogP contribution in [0.5, 0.6) is 0 Å². The molecule has 3 heteroatoms. The molecule has 1 aromatic rings. The second-order valence-corrected chi connectivity index (χ2v) is 8.06. The maximum Gasteiger partial charge on any atom is 0.190 e. The largest absolute Gasteiger partial charge is 0.390 e. The van der Waals surface area contributed by atoms with E-state index >= 15 is 0 Å². The molecule has 1 aliphatic carbocycles. The highest BCUT2D eigenvalue weighted by molar-refractivity contribution is 6.26. The van der Waals surface area contributed by atoms with Gasteiger partial charge >= 0.3 is 0 Å². The van der Waals surface area contributed by atoms with Gasteiger partial charge in [0.25, 0.3) is 0 Å². The van der Waals surface area contributed by atoms with Gasteiger partial charge < -0.3 is 5.11 Å². The molecule has 0 radical (unpaired) electrons. The topological polar surface area (TPSA) is 54.4 Å². The number of ketones is 2. The van der Waals surface area contributed by atoms with Crippen molar-refractivity contribution in [3.8, 4) is 0 Å². The number of aryl methyl sites for hydroxylation is 2. The first kappa shape index (κ1) is 20.3. The fourth-order valence-corrected chi connectivity index (χ4v) is 3.36. The predicted octanol–water partition coefficient (Wildman–Crippen LogP) is 5.28. The zero-order valence-electron chi connectivity index (χ0n) is 16.8. The Morgan fingerprint density at radius 3 is 2.08 bits per heavy atom. The molecule has 1 atom stereocenters. The highest BCUT2D eigenvalue weighted by Gasteiger charge is 2.31. The number of Topliss-reactive ketones (excluding diaryl/α,β-unsaturated/α-hetero) is 2. The number of hydrogen-bond donors (Lipinski definition) is 1. The Bertz CT molecular complexity index is 803. The van der Waals surface area contributed by atoms with Crippen LogP contribution in [-0.2, 0) is 0 Å². The third-order valence-electron chi connectivity index (χ3n) is 5.34. The van der Waals surface area contributed by atoms with Crippen molar-refractivity contribution >= 4 is 11.6 Å². The lowest BCUT2D eigenvalue weighted by molar-refractivity contribution is 0.0429. The van der Waals surface area contributed by atoms with Crippen LogP contribution in [-0.4, -0.2) is 22.3 Å². The van der Waals surface area contributed by atoms with Gasteiger partial charge in [-0.3, -0.25) is 9.59 Å². The summed E-state index contributed by atoms with van der Waals surface area (Å²) in [6, 6.07) is 3.64. The van der Waals surface area contributed by atoms with Crippen LogP contribution in [0.1, 0.15) is 85.2 Å². The van der Waals surface area contributed by atoms with Crippen molar-refractivity contribution < 1.29 is 14.7 Å². The molecule has 3 nitrogen and oxygen atoms in total. The monoisotopic (exact) mass is 354 g/mol. The summed E-state index contributed by atoms with van der Waals surface area (Å²) in [5.41, 5.74) is 4.48. The molecule has 0 bridgehead atoms. The van der Waals surface area contributed by atoms with Crippen LogP contribution in [0.2, 0.25) is 0 Å². The SMILES string of the molecule is CC(C)=CCCC(C)(O)CCC1=C(C)C(=O)c2cc(C)c(C)cc2C1=O. The zero-order valence-corrected chi connectivity index (χ0v) is 16.8. The Morgan fingerprint density at radius 2 is 1.54 bits per heavy atom. The number of allylic oxidation sites excluding steroid dienone is 4. The van der Waals surface area contributed by atoms with Crippen molar-refractivity contribution in [2.24, 2.45) is 0 Å². The van der Waals surface area contributed by atoms with Gasteiger partial charge in [-0.05, 0) is 90.5 Å². The van der Waals surface area contributed by atoms with Crippen molar-refractivity contribution in [3.05, 3.63) is 57.2 Å². The van der Waals surface area contributed by atoms with E-state index in [4.69, 9.17) is 0 Å². The number of aliphatic hydroxyl groups is 1. The highest BCUT2D eigenvalue weighted by atomic mass is 16.3. The Hall–Kier alpha value is -2.00. The smallest absolute Gasteiger partial charge is 0.190 e. The molecule has 26 heavy (non-hydrogen) atoms. The molecule has 0 heterocycles. The van der Waals surface area contributed by atoms with E-state index in [0.717, 1.165) is 17.5 Å². The van der Waals surface area contributed by atoms with Gasteiger partial charge in [-0.1, -0.05) is 11.6 Å². The standard InChI is InChI=1S/C23H30O3/c1-14(2)8-7-10-23(6,26)11-9-18-17(5)21(24)19-12-15(3)16(4)13-20(19)22(18)25/h8,12-13,26H,7,9-11H2,1-6H3. The molecular weight excluding hydrogens is 324 g/mol. The lowest BCUT2D eigenvalue weighted by Gasteiger charge is -2.25. The minimum absolute atomic E-state index is 0.0677. The van der Waals surface area contributed by atoms with Gasteiger partial charge in [-0.2, -0.15) is 0 Å². The fraction of sp³-hybridized carbons (Fsp3) is 0.478. The first-order valence-electron chi connectivity index (χ1n) is 9.29. The van der Waals surface area contributed by atoms with Gasteiger partial charge in [0.15, 0.2) is 11.6 Å². The fourth-order valence-electron chi connectivity index (χ4n) is 3.36. The third kappa shape index (κ3) is 4.39. The summed E-state index contributed by atoms with van der Waals surface area (Å²) in [4.78, 5) is 25.7. The summed E-state index contributed by atoms with van der Waals surface area (Å²) in [5, 5.41) is 10.6. The van der Waals surface area contributed by atoms with Crippen molar-refractivity contribution in [2.45, 2.75) is 72.8 Å². The van der Waals surface area contributed by atoms with Gasteiger partial charge in [0.2, 0.25) is 0 Å².